The van der Waals surface area contributed by atoms with E-state index in [2.05, 4.69) is 36.6 Å². The monoisotopic (exact) mass is 1280 g/mol. The second-order valence-corrected chi connectivity index (χ2v) is 22.1. The fraction of sp³-hybridized carbons (Fsp3) is 0.517. The van der Waals surface area contributed by atoms with Gasteiger partial charge in [-0.1, -0.05) is 42.5 Å². The number of rotatable bonds is 37. The maximum Gasteiger partial charge on any atom is 0.328 e. The van der Waals surface area contributed by atoms with E-state index in [0.29, 0.717) is 22.5 Å². The van der Waals surface area contributed by atoms with Crippen molar-refractivity contribution in [2.24, 2.45) is 17.8 Å². The van der Waals surface area contributed by atoms with Crippen LogP contribution >= 0.6 is 12.2 Å². The number of carboxylic acid groups (broad SMARTS) is 6. The van der Waals surface area contributed by atoms with Crippen molar-refractivity contribution in [3.63, 3.8) is 0 Å². The number of aliphatic hydroxyl groups is 2. The van der Waals surface area contributed by atoms with Crippen LogP contribution in [0.2, 0.25) is 0 Å². The molecule has 90 heavy (non-hydrogen) atoms. The third-order valence-corrected chi connectivity index (χ3v) is 15.0. The molecule has 0 spiro atoms. The van der Waals surface area contributed by atoms with Crippen molar-refractivity contribution in [3.8, 4) is 0 Å². The third-order valence-electron chi connectivity index (χ3n) is 14.8. The van der Waals surface area contributed by atoms with Crippen LogP contribution in [0.5, 0.6) is 0 Å². The van der Waals surface area contributed by atoms with E-state index in [1.165, 1.54) is 34.1 Å². The molecule has 2 aromatic carbocycles. The standard InChI is InChI=1S/C58H79N11O20S/c1-35(47(73)24-39(22-42-27-59-34-61-42)55(85)64-44(32-70)48(74)25-38(21-37-5-3-2-4-6-37)54(84)65-45(33-71)56(86)87)62-53(83)40(26-49(75)76)23-43(72)28-60-58(90)63-41-10-7-36(8-11-41)9-12-46(57(88)89)69-19-17-67(30-51(79)80)15-13-66(29-50(77)78)14-16-68(18-20-69)31-52(81)82/h2-8,10-11,27,34-35,38-40,44-46,70-71H,9,12-26,28-33H2,1H3,(H,59,61)(H,62,83)(H,64,85)(H,65,84)(H,75,76)(H,77,78)(H,79,80)(H,81,82)(H,86,87)(H,88,89)(H2,60,63,90)/p-3/t35-,38+,39+,40-,44-,45-,46?/m0/s1. The van der Waals surface area contributed by atoms with Gasteiger partial charge >= 0.3 is 17.9 Å². The molecule has 1 aliphatic rings. The maximum absolute atomic E-state index is 13.9. The first-order valence-corrected chi connectivity index (χ1v) is 29.2. The minimum Gasteiger partial charge on any atom is -0.549 e. The summed E-state index contributed by atoms with van der Waals surface area (Å²) in [4.78, 5) is 165. The number of carbonyl (C=O) groups excluding carboxylic acids is 9. The summed E-state index contributed by atoms with van der Waals surface area (Å²) in [5, 5.41) is 96.6. The number of anilines is 1. The zero-order chi connectivity index (χ0) is 66.5. The van der Waals surface area contributed by atoms with Gasteiger partial charge in [-0.05, 0) is 61.7 Å². The second-order valence-electron chi connectivity index (χ2n) is 21.7. The topological polar surface area (TPSA) is 477 Å². The van der Waals surface area contributed by atoms with Crippen molar-refractivity contribution >= 4 is 93.9 Å². The lowest BCUT2D eigenvalue weighted by molar-refractivity contribution is -0.308. The molecule has 492 valence electrons. The number of aryl methyl sites for hydroxylation is 1. The number of aromatic amines is 1. The Hall–Kier alpha value is -8.66. The van der Waals surface area contributed by atoms with Crippen LogP contribution in [-0.4, -0.2) is 247 Å². The van der Waals surface area contributed by atoms with Gasteiger partial charge in [-0.15, -0.1) is 0 Å². The largest absolute Gasteiger partial charge is 0.549 e. The molecule has 7 atom stereocenters. The van der Waals surface area contributed by atoms with Crippen molar-refractivity contribution in [1.82, 2.24) is 50.8 Å². The number of carbonyl (C=O) groups is 12. The number of nitrogens with zero attached hydrogens (tertiary/aromatic N) is 5. The number of imidazole rings is 1. The van der Waals surface area contributed by atoms with Crippen LogP contribution in [0.3, 0.4) is 0 Å². The molecule has 0 bridgehead atoms. The van der Waals surface area contributed by atoms with Gasteiger partial charge in [0.15, 0.2) is 22.5 Å². The number of benzene rings is 2. The highest BCUT2D eigenvalue weighted by Gasteiger charge is 2.35. The molecule has 0 saturated carbocycles. The molecule has 3 amide bonds. The third kappa shape index (κ3) is 27.0. The van der Waals surface area contributed by atoms with Gasteiger partial charge in [0.05, 0.1) is 68.3 Å². The number of thiocarbonyl (C=S) groups is 1. The van der Waals surface area contributed by atoms with E-state index in [0.717, 1.165) is 0 Å². The molecule has 11 N–H and O–H groups in total. The first kappa shape index (κ1) is 73.8. The molecule has 31 nitrogen and oxygen atoms in total. The summed E-state index contributed by atoms with van der Waals surface area (Å²) in [6.07, 6.45) is 0.144. The average Bonchev–Trinajstić information content (AvgIpc) is 1.56. The van der Waals surface area contributed by atoms with E-state index in [1.54, 1.807) is 59.5 Å². The molecule has 1 saturated heterocycles. The first-order chi connectivity index (χ1) is 42.7. The van der Waals surface area contributed by atoms with Gasteiger partial charge < -0.3 is 86.8 Å². The number of ketones is 3. The van der Waals surface area contributed by atoms with Gasteiger partial charge in [0.2, 0.25) is 17.7 Å². The van der Waals surface area contributed by atoms with Crippen molar-refractivity contribution < 1.29 is 98.4 Å². The van der Waals surface area contributed by atoms with Crippen LogP contribution in [0.1, 0.15) is 55.8 Å². The summed E-state index contributed by atoms with van der Waals surface area (Å²) in [5.41, 5.74) is 2.11. The van der Waals surface area contributed by atoms with Crippen molar-refractivity contribution in [3.05, 3.63) is 83.9 Å². The lowest BCUT2D eigenvalue weighted by Gasteiger charge is -2.36. The van der Waals surface area contributed by atoms with Crippen molar-refractivity contribution in [1.29, 1.82) is 0 Å². The highest BCUT2D eigenvalue weighted by Crippen LogP contribution is 2.20. The summed E-state index contributed by atoms with van der Waals surface area (Å²) in [7, 11) is 0. The SMILES string of the molecule is C[C@H](NC(=O)[C@H](CC(=O)O)CC(=O)CNC(=S)Nc1ccc(CCC(C(=O)O)N2CCN(CC(=O)[O-])CCN(CC(=O)[O-])CCN(CC(=O)[O-])CC2)cc1)C(=O)C[C@@H](Cc1cnc[nH]1)C(=O)N[C@@H](CO)C(=O)C[C@@H](Cc1ccccc1)C(=O)N[C@@H](CO)C(=O)O. The van der Waals surface area contributed by atoms with Crippen LogP contribution in [0.15, 0.2) is 67.1 Å². The van der Waals surface area contributed by atoms with Gasteiger partial charge in [0, 0.05) is 121 Å². The number of aromatic nitrogens is 2. The lowest BCUT2D eigenvalue weighted by atomic mass is 9.90. The quantitative estimate of drug-likeness (QED) is 0.0239. The molecule has 0 aliphatic carbocycles. The number of hydrogen-bond donors (Lipinski definition) is 11. The zero-order valence-electron chi connectivity index (χ0n) is 49.5. The van der Waals surface area contributed by atoms with E-state index in [1.807, 2.05) is 0 Å². The van der Waals surface area contributed by atoms with Crippen LogP contribution < -0.4 is 41.9 Å². The molecular formula is C58H76N11O20S-3. The molecular weight excluding hydrogens is 1200 g/mol. The molecule has 1 aromatic heterocycles. The summed E-state index contributed by atoms with van der Waals surface area (Å²) >= 11 is 5.37. The summed E-state index contributed by atoms with van der Waals surface area (Å²) in [6, 6.07) is 9.25. The fourth-order valence-corrected chi connectivity index (χ4v) is 10.1. The van der Waals surface area contributed by atoms with Gasteiger partial charge in [0.1, 0.15) is 18.1 Å². The van der Waals surface area contributed by atoms with Crippen LogP contribution in [0, 0.1) is 17.8 Å². The Morgan fingerprint density at radius 3 is 1.60 bits per heavy atom. The number of nitrogens with one attached hydrogen (secondary N) is 6. The van der Waals surface area contributed by atoms with Crippen molar-refractivity contribution in [2.45, 2.75) is 82.5 Å². The molecule has 1 aliphatic heterocycles. The zero-order valence-corrected chi connectivity index (χ0v) is 50.3. The van der Waals surface area contributed by atoms with Crippen LogP contribution in [-0.2, 0) is 76.8 Å². The van der Waals surface area contributed by atoms with Crippen LogP contribution in [0.25, 0.3) is 0 Å². The number of amides is 3. The summed E-state index contributed by atoms with van der Waals surface area (Å²) in [6.45, 7) is -2.03. The Morgan fingerprint density at radius 2 is 1.11 bits per heavy atom. The van der Waals surface area contributed by atoms with Gasteiger partial charge in [-0.3, -0.25) is 58.0 Å². The Bertz CT molecular complexity index is 2910. The number of H-pyrrole nitrogens is 1. The lowest BCUT2D eigenvalue weighted by Crippen LogP contribution is -2.53. The van der Waals surface area contributed by atoms with Gasteiger partial charge in [-0.2, -0.15) is 0 Å². The highest BCUT2D eigenvalue weighted by molar-refractivity contribution is 7.80. The normalized spacial score (nSPS) is 16.1. The molecule has 3 aromatic rings. The predicted octanol–water partition coefficient (Wildman–Crippen LogP) is -6.22. The molecule has 1 unspecified atom stereocenters. The van der Waals surface area contributed by atoms with E-state index in [4.69, 9.17) is 12.2 Å². The number of Topliss-reactive ketones (excluding diaryl/α,β-unsaturated/α-hetero) is 3. The predicted molar refractivity (Wildman–Crippen MR) is 314 cm³/mol. The van der Waals surface area contributed by atoms with E-state index in [-0.39, 0.29) is 83.2 Å². The summed E-state index contributed by atoms with van der Waals surface area (Å²) < 4.78 is 0. The summed E-state index contributed by atoms with van der Waals surface area (Å²) in [5.74, 6) is -17.3. The Labute approximate surface area is 522 Å². The maximum atomic E-state index is 13.9. The minimum atomic E-state index is -1.69. The van der Waals surface area contributed by atoms with Crippen molar-refractivity contribution in [2.75, 3.05) is 97.1 Å². The Morgan fingerprint density at radius 1 is 0.600 bits per heavy atom. The molecule has 32 heteroatoms. The number of aliphatic carboxylic acids is 6. The van der Waals surface area contributed by atoms with E-state index < -0.39 is 178 Å². The van der Waals surface area contributed by atoms with E-state index in [9.17, 15) is 98.4 Å². The number of hydrogen-bond acceptors (Lipinski definition) is 23. The highest BCUT2D eigenvalue weighted by atomic mass is 32.1. The smallest absolute Gasteiger partial charge is 0.328 e. The van der Waals surface area contributed by atoms with Crippen LogP contribution in [0.4, 0.5) is 5.69 Å². The van der Waals surface area contributed by atoms with E-state index >= 15 is 0 Å². The number of carboxylic acids is 6. The molecule has 4 rings (SSSR count). The first-order valence-electron chi connectivity index (χ1n) is 28.8. The Kier molecular flexibility index (Phi) is 31.2. The Balaban J connectivity index is 1.34. The fourth-order valence-electron chi connectivity index (χ4n) is 9.86. The average molecular weight is 1280 g/mol. The second kappa shape index (κ2) is 38.0. The molecule has 1 fully saturated rings. The van der Waals surface area contributed by atoms with Gasteiger partial charge in [0.25, 0.3) is 0 Å². The van der Waals surface area contributed by atoms with Gasteiger partial charge in [-0.25, -0.2) is 9.78 Å². The molecule has 2 heterocycles. The molecule has 0 radical (unpaired) electrons. The minimum absolute atomic E-state index is 0.0455. The number of aliphatic hydroxyl groups excluding tert-OH is 2.